The van der Waals surface area contributed by atoms with Gasteiger partial charge in [0.1, 0.15) is 5.57 Å². The Morgan fingerprint density at radius 2 is 1.80 bits per heavy atom. The summed E-state index contributed by atoms with van der Waals surface area (Å²) in [5.74, 6) is -1.10. The van der Waals surface area contributed by atoms with Gasteiger partial charge < -0.3 is 4.74 Å². The predicted octanol–water partition coefficient (Wildman–Crippen LogP) is 3.18. The summed E-state index contributed by atoms with van der Waals surface area (Å²) in [4.78, 5) is 42.2. The first kappa shape index (κ1) is 24.6. The van der Waals surface area contributed by atoms with Crippen molar-refractivity contribution in [2.75, 3.05) is 20.3 Å². The number of ether oxygens (including phenoxy) is 1. The first-order valence-corrected chi connectivity index (χ1v) is 11.9. The molecule has 0 unspecified atom stereocenters. The van der Waals surface area contributed by atoms with Crippen LogP contribution in [0.4, 0.5) is 0 Å². The molecule has 3 aromatic rings. The molecule has 0 saturated heterocycles. The molecule has 0 radical (unpaired) electrons. The van der Waals surface area contributed by atoms with E-state index in [9.17, 15) is 14.4 Å². The van der Waals surface area contributed by atoms with Gasteiger partial charge in [-0.25, -0.2) is 4.68 Å². The van der Waals surface area contributed by atoms with Crippen LogP contribution in [0, 0.1) is 0 Å². The molecule has 2 amide bonds. The van der Waals surface area contributed by atoms with Crippen LogP contribution in [0.1, 0.15) is 43.5 Å². The summed E-state index contributed by atoms with van der Waals surface area (Å²) in [5.41, 5.74) is 2.15. The van der Waals surface area contributed by atoms with Gasteiger partial charge in [-0.1, -0.05) is 32.4 Å². The van der Waals surface area contributed by atoms with Crippen LogP contribution in [0.15, 0.2) is 53.6 Å². The maximum absolute atomic E-state index is 13.8. The first-order chi connectivity index (χ1) is 16.8. The van der Waals surface area contributed by atoms with Crippen LogP contribution in [0.3, 0.4) is 0 Å². The molecule has 1 N–H and O–H groups in total. The molecule has 35 heavy (non-hydrogen) atoms. The molecule has 4 rings (SSSR count). The second-order valence-electron chi connectivity index (χ2n) is 8.62. The van der Waals surface area contributed by atoms with Crippen molar-refractivity contribution in [1.82, 2.24) is 14.7 Å². The molecule has 1 aromatic carbocycles. The average Bonchev–Trinajstić information content (AvgIpc) is 3.31. The van der Waals surface area contributed by atoms with E-state index in [1.54, 1.807) is 35.0 Å². The van der Waals surface area contributed by atoms with Gasteiger partial charge in [0, 0.05) is 29.5 Å². The topological polar surface area (TPSA) is 88.3 Å². The fourth-order valence-corrected chi connectivity index (χ4v) is 4.30. The largest absolute Gasteiger partial charge is 0.383 e. The second-order valence-corrected chi connectivity index (χ2v) is 9.06. The van der Waals surface area contributed by atoms with Gasteiger partial charge in [-0.2, -0.15) is 4.57 Å². The lowest BCUT2D eigenvalue weighted by Gasteiger charge is -2.13. The predicted molar refractivity (Wildman–Crippen MR) is 133 cm³/mol. The number of carbonyl (C=O) groups excluding carboxylic acids is 2. The van der Waals surface area contributed by atoms with Crippen LogP contribution in [-0.2, 0) is 20.7 Å². The van der Waals surface area contributed by atoms with E-state index in [0.717, 1.165) is 16.9 Å². The SMILES string of the molecule is CCc1ccc[n+](C2=C(c3c(C(C)C)[nH]n(-c4ccc(Cl)cc4)c3=O)C(=O)N(CCOC)C2=O)c1. The van der Waals surface area contributed by atoms with E-state index in [1.807, 2.05) is 39.1 Å². The number of pyridine rings is 1. The number of nitrogens with zero attached hydrogens (tertiary/aromatic N) is 3. The van der Waals surface area contributed by atoms with Gasteiger partial charge in [0.2, 0.25) is 0 Å². The van der Waals surface area contributed by atoms with Crippen LogP contribution in [0.2, 0.25) is 5.02 Å². The van der Waals surface area contributed by atoms with E-state index >= 15 is 0 Å². The molecule has 0 bridgehead atoms. The van der Waals surface area contributed by atoms with Crippen LogP contribution < -0.4 is 10.1 Å². The number of hydrogen-bond acceptors (Lipinski definition) is 4. The van der Waals surface area contributed by atoms with Crippen molar-refractivity contribution in [3.05, 3.63) is 81.0 Å². The monoisotopic (exact) mass is 495 g/mol. The van der Waals surface area contributed by atoms with Gasteiger partial charge in [-0.05, 0) is 42.7 Å². The molecule has 0 aliphatic carbocycles. The third-order valence-corrected chi connectivity index (χ3v) is 6.27. The molecule has 0 saturated carbocycles. The molecule has 182 valence electrons. The third-order valence-electron chi connectivity index (χ3n) is 6.02. The third kappa shape index (κ3) is 4.47. The average molecular weight is 496 g/mol. The molecule has 1 aliphatic heterocycles. The number of hydrogen-bond donors (Lipinski definition) is 1. The highest BCUT2D eigenvalue weighted by Gasteiger charge is 2.47. The van der Waals surface area contributed by atoms with Crippen LogP contribution in [0.25, 0.3) is 17.0 Å². The molecule has 0 spiro atoms. The maximum Gasteiger partial charge on any atom is 0.326 e. The highest BCUT2D eigenvalue weighted by molar-refractivity contribution is 6.44. The molecule has 9 heteroatoms. The Bertz CT molecular complexity index is 1370. The van der Waals surface area contributed by atoms with Gasteiger partial charge in [0.15, 0.2) is 12.4 Å². The molecule has 3 heterocycles. The summed E-state index contributed by atoms with van der Waals surface area (Å²) in [5, 5.41) is 3.70. The number of aryl methyl sites for hydroxylation is 1. The molecule has 2 aromatic heterocycles. The summed E-state index contributed by atoms with van der Waals surface area (Å²) >= 11 is 6.03. The first-order valence-electron chi connectivity index (χ1n) is 11.5. The number of imide groups is 1. The van der Waals surface area contributed by atoms with E-state index in [4.69, 9.17) is 16.3 Å². The highest BCUT2D eigenvalue weighted by atomic mass is 35.5. The van der Waals surface area contributed by atoms with Crippen molar-refractivity contribution in [2.45, 2.75) is 33.1 Å². The summed E-state index contributed by atoms with van der Waals surface area (Å²) in [6.07, 6.45) is 4.29. The zero-order valence-electron chi connectivity index (χ0n) is 20.2. The quantitative estimate of drug-likeness (QED) is 0.384. The van der Waals surface area contributed by atoms with Gasteiger partial charge in [0.25, 0.3) is 17.2 Å². The van der Waals surface area contributed by atoms with Crippen molar-refractivity contribution in [3.63, 3.8) is 0 Å². The Morgan fingerprint density at radius 3 is 2.43 bits per heavy atom. The zero-order chi connectivity index (χ0) is 25.3. The Kier molecular flexibility index (Phi) is 7.05. The van der Waals surface area contributed by atoms with Crippen molar-refractivity contribution >= 4 is 34.7 Å². The van der Waals surface area contributed by atoms with Gasteiger partial charge in [0.05, 0.1) is 24.4 Å². The number of amides is 2. The fourth-order valence-electron chi connectivity index (χ4n) is 4.17. The van der Waals surface area contributed by atoms with Gasteiger partial charge in [-0.3, -0.25) is 24.4 Å². The molecular formula is C26H28ClN4O4+. The number of nitrogens with one attached hydrogen (secondary N) is 1. The Balaban J connectivity index is 2.00. The lowest BCUT2D eigenvalue weighted by atomic mass is 9.98. The number of halogens is 1. The summed E-state index contributed by atoms with van der Waals surface area (Å²) < 4.78 is 8.15. The van der Waals surface area contributed by atoms with Gasteiger partial charge >= 0.3 is 5.91 Å². The van der Waals surface area contributed by atoms with Crippen molar-refractivity contribution < 1.29 is 18.9 Å². The van der Waals surface area contributed by atoms with Crippen molar-refractivity contribution in [1.29, 1.82) is 0 Å². The standard InChI is InChI=1S/C26H27ClN4O4/c1-5-17-7-6-12-29(15-17)23-21(24(32)30(26(23)34)13-14-35-4)20-22(16(2)3)28-31(25(20)33)19-10-8-18(27)9-11-19/h6-12,15-16H,5,13-14H2,1-4H3/p+1. The molecule has 1 aliphatic rings. The van der Waals surface area contributed by atoms with E-state index in [2.05, 4.69) is 5.10 Å². The second kappa shape index (κ2) is 10.0. The lowest BCUT2D eigenvalue weighted by molar-refractivity contribution is -0.577. The molecule has 0 atom stereocenters. The summed E-state index contributed by atoms with van der Waals surface area (Å²) in [6.45, 7) is 6.14. The van der Waals surface area contributed by atoms with E-state index < -0.39 is 17.4 Å². The van der Waals surface area contributed by atoms with E-state index in [1.165, 1.54) is 11.8 Å². The van der Waals surface area contributed by atoms with E-state index in [-0.39, 0.29) is 35.9 Å². The zero-order valence-corrected chi connectivity index (χ0v) is 20.9. The number of rotatable bonds is 8. The minimum absolute atomic E-state index is 0.0852. The Morgan fingerprint density at radius 1 is 1.09 bits per heavy atom. The highest BCUT2D eigenvalue weighted by Crippen LogP contribution is 2.32. The number of methoxy groups -OCH3 is 1. The summed E-state index contributed by atoms with van der Waals surface area (Å²) in [7, 11) is 1.51. The lowest BCUT2D eigenvalue weighted by Crippen LogP contribution is -2.40. The maximum atomic E-state index is 13.8. The fraction of sp³-hybridized carbons (Fsp3) is 0.308. The smallest absolute Gasteiger partial charge is 0.326 e. The Hall–Kier alpha value is -3.49. The number of aromatic nitrogens is 3. The minimum Gasteiger partial charge on any atom is -0.383 e. The van der Waals surface area contributed by atoms with E-state index in [0.29, 0.717) is 16.4 Å². The molecular weight excluding hydrogens is 468 g/mol. The Labute approximate surface area is 208 Å². The van der Waals surface area contributed by atoms with Crippen molar-refractivity contribution in [3.8, 4) is 5.69 Å². The molecule has 8 nitrogen and oxygen atoms in total. The summed E-state index contributed by atoms with van der Waals surface area (Å²) in [6, 6.07) is 10.6. The van der Waals surface area contributed by atoms with Crippen LogP contribution >= 0.6 is 11.6 Å². The number of H-pyrrole nitrogens is 1. The number of carbonyl (C=O) groups is 2. The molecule has 0 fully saturated rings. The number of benzene rings is 1. The minimum atomic E-state index is -0.516. The van der Waals surface area contributed by atoms with Gasteiger partial charge in [-0.15, -0.1) is 0 Å². The van der Waals surface area contributed by atoms with Crippen LogP contribution in [0.5, 0.6) is 0 Å². The van der Waals surface area contributed by atoms with Crippen molar-refractivity contribution in [2.24, 2.45) is 0 Å². The normalized spacial score (nSPS) is 14.1. The van der Waals surface area contributed by atoms with Crippen LogP contribution in [-0.4, -0.2) is 46.8 Å². The number of aromatic amines is 1.